The third kappa shape index (κ3) is 2.72. The Labute approximate surface area is 65.2 Å². The van der Waals surface area contributed by atoms with Crippen LogP contribution in [0.25, 0.3) is 0 Å². The third-order valence-electron chi connectivity index (χ3n) is 0.900. The Morgan fingerprint density at radius 1 is 1.50 bits per heavy atom. The average molecular weight is 161 g/mol. The van der Waals surface area contributed by atoms with E-state index in [-0.39, 0.29) is 12.4 Å². The predicted molar refractivity (Wildman–Crippen MR) is 40.3 cm³/mol. The van der Waals surface area contributed by atoms with Crippen molar-refractivity contribution in [3.05, 3.63) is 24.3 Å². The highest BCUT2D eigenvalue weighted by atomic mass is 35.5. The number of hydrogen-bond donors (Lipinski definition) is 2. The van der Waals surface area contributed by atoms with Gasteiger partial charge >= 0.3 is 0 Å². The lowest BCUT2D eigenvalue weighted by molar-refractivity contribution is 0.719. The summed E-state index contributed by atoms with van der Waals surface area (Å²) in [5.74, 6) is 5.04. The standard InChI is InChI=1S/C5H8N4.ClH/c6-9-4-5-3-7-1-2-8-5;/h1-3,9H,4,6H2;1H. The fraction of sp³-hybridized carbons (Fsp3) is 0.200. The van der Waals surface area contributed by atoms with Crippen LogP contribution in [0.5, 0.6) is 0 Å². The maximum absolute atomic E-state index is 5.04. The van der Waals surface area contributed by atoms with E-state index in [1.165, 1.54) is 0 Å². The zero-order valence-electron chi connectivity index (χ0n) is 5.32. The average Bonchev–Trinajstić information content (AvgIpc) is 1.91. The van der Waals surface area contributed by atoms with Crippen LogP contribution in [0.4, 0.5) is 0 Å². The van der Waals surface area contributed by atoms with Crippen LogP contribution in [0.15, 0.2) is 18.6 Å². The molecule has 0 atom stereocenters. The largest absolute Gasteiger partial charge is 0.271 e. The van der Waals surface area contributed by atoms with E-state index in [1.807, 2.05) is 0 Å². The number of hydrazine groups is 1. The van der Waals surface area contributed by atoms with Gasteiger partial charge in [0.05, 0.1) is 12.2 Å². The summed E-state index contributed by atoms with van der Waals surface area (Å²) in [7, 11) is 0. The Morgan fingerprint density at radius 2 is 2.30 bits per heavy atom. The highest BCUT2D eigenvalue weighted by Crippen LogP contribution is 1.85. The molecule has 4 nitrogen and oxygen atoms in total. The number of rotatable bonds is 2. The maximum atomic E-state index is 5.04. The first kappa shape index (κ1) is 9.29. The first-order valence-electron chi connectivity index (χ1n) is 2.62. The quantitative estimate of drug-likeness (QED) is 0.467. The van der Waals surface area contributed by atoms with Gasteiger partial charge in [-0.2, -0.15) is 0 Å². The van der Waals surface area contributed by atoms with Gasteiger partial charge in [-0.3, -0.25) is 21.2 Å². The second-order valence-corrected chi connectivity index (χ2v) is 1.58. The molecule has 1 rings (SSSR count). The lowest BCUT2D eigenvalue weighted by Gasteiger charge is -1.94. The normalized spacial score (nSPS) is 8.50. The molecule has 1 aromatic rings. The Bertz CT molecular complexity index is 167. The molecule has 0 unspecified atom stereocenters. The molecular formula is C5H9ClN4. The molecule has 0 aromatic carbocycles. The van der Waals surface area contributed by atoms with E-state index in [0.717, 1.165) is 5.69 Å². The summed E-state index contributed by atoms with van der Waals surface area (Å²) in [6, 6.07) is 0. The summed E-state index contributed by atoms with van der Waals surface area (Å²) >= 11 is 0. The minimum Gasteiger partial charge on any atom is -0.271 e. The van der Waals surface area contributed by atoms with E-state index in [0.29, 0.717) is 6.54 Å². The highest BCUT2D eigenvalue weighted by Gasteiger charge is 1.86. The van der Waals surface area contributed by atoms with E-state index in [2.05, 4.69) is 15.4 Å². The first-order valence-corrected chi connectivity index (χ1v) is 2.62. The molecule has 0 aliphatic rings. The molecule has 0 aliphatic heterocycles. The second-order valence-electron chi connectivity index (χ2n) is 1.58. The number of halogens is 1. The van der Waals surface area contributed by atoms with Crippen LogP contribution in [0, 0.1) is 0 Å². The van der Waals surface area contributed by atoms with Gasteiger partial charge < -0.3 is 0 Å². The summed E-state index contributed by atoms with van der Waals surface area (Å²) in [6.45, 7) is 0.563. The van der Waals surface area contributed by atoms with Crippen LogP contribution in [-0.4, -0.2) is 9.97 Å². The minimum atomic E-state index is 0. The number of nitrogens with one attached hydrogen (secondary N) is 1. The maximum Gasteiger partial charge on any atom is 0.0738 e. The topological polar surface area (TPSA) is 63.8 Å². The Morgan fingerprint density at radius 3 is 2.80 bits per heavy atom. The van der Waals surface area contributed by atoms with Crippen molar-refractivity contribution in [3.8, 4) is 0 Å². The predicted octanol–water partition coefficient (Wildman–Crippen LogP) is -0.138. The molecular weight excluding hydrogens is 152 g/mol. The van der Waals surface area contributed by atoms with Gasteiger partial charge in [0.2, 0.25) is 0 Å². The molecule has 0 radical (unpaired) electrons. The van der Waals surface area contributed by atoms with Crippen LogP contribution >= 0.6 is 12.4 Å². The van der Waals surface area contributed by atoms with Gasteiger partial charge in [0.15, 0.2) is 0 Å². The van der Waals surface area contributed by atoms with E-state index >= 15 is 0 Å². The van der Waals surface area contributed by atoms with Crippen molar-refractivity contribution in [3.63, 3.8) is 0 Å². The zero-order valence-corrected chi connectivity index (χ0v) is 6.14. The van der Waals surface area contributed by atoms with Gasteiger partial charge in [-0.05, 0) is 0 Å². The molecule has 0 saturated carbocycles. The van der Waals surface area contributed by atoms with Crippen molar-refractivity contribution in [1.82, 2.24) is 15.4 Å². The second kappa shape index (κ2) is 5.10. The van der Waals surface area contributed by atoms with Gasteiger partial charge in [-0.1, -0.05) is 0 Å². The van der Waals surface area contributed by atoms with Crippen molar-refractivity contribution < 1.29 is 0 Å². The molecule has 5 heteroatoms. The summed E-state index contributed by atoms with van der Waals surface area (Å²) in [6.07, 6.45) is 4.92. The van der Waals surface area contributed by atoms with Gasteiger partial charge in [-0.25, -0.2) is 0 Å². The van der Waals surface area contributed by atoms with Crippen LogP contribution < -0.4 is 11.3 Å². The molecule has 0 saturated heterocycles. The molecule has 56 valence electrons. The highest BCUT2D eigenvalue weighted by molar-refractivity contribution is 5.85. The van der Waals surface area contributed by atoms with E-state index < -0.39 is 0 Å². The molecule has 0 fully saturated rings. The third-order valence-corrected chi connectivity index (χ3v) is 0.900. The van der Waals surface area contributed by atoms with Gasteiger partial charge in [0, 0.05) is 18.6 Å². The fourth-order valence-electron chi connectivity index (χ4n) is 0.526. The van der Waals surface area contributed by atoms with Crippen LogP contribution in [0.1, 0.15) is 5.69 Å². The number of nitrogens with zero attached hydrogens (tertiary/aromatic N) is 2. The molecule has 0 spiro atoms. The lowest BCUT2D eigenvalue weighted by atomic mass is 10.5. The van der Waals surface area contributed by atoms with Crippen molar-refractivity contribution >= 4 is 12.4 Å². The van der Waals surface area contributed by atoms with E-state index in [1.54, 1.807) is 18.6 Å². The molecule has 3 N–H and O–H groups in total. The minimum absolute atomic E-state index is 0. The van der Waals surface area contributed by atoms with Gasteiger partial charge in [-0.15, -0.1) is 12.4 Å². The van der Waals surface area contributed by atoms with Crippen LogP contribution in [0.2, 0.25) is 0 Å². The van der Waals surface area contributed by atoms with Crippen molar-refractivity contribution in [2.45, 2.75) is 6.54 Å². The Kier molecular flexibility index (Phi) is 4.74. The molecule has 1 heterocycles. The molecule has 0 amide bonds. The zero-order chi connectivity index (χ0) is 6.53. The van der Waals surface area contributed by atoms with Crippen molar-refractivity contribution in [2.75, 3.05) is 0 Å². The molecule has 0 aliphatic carbocycles. The van der Waals surface area contributed by atoms with Gasteiger partial charge in [0.1, 0.15) is 0 Å². The summed E-state index contributed by atoms with van der Waals surface area (Å²) in [4.78, 5) is 7.81. The number of aromatic nitrogens is 2. The lowest BCUT2D eigenvalue weighted by Crippen LogP contribution is -2.21. The Balaban J connectivity index is 0.000000810. The molecule has 1 aromatic heterocycles. The van der Waals surface area contributed by atoms with Crippen molar-refractivity contribution in [1.29, 1.82) is 0 Å². The summed E-state index contributed by atoms with van der Waals surface area (Å²) < 4.78 is 0. The molecule has 0 bridgehead atoms. The van der Waals surface area contributed by atoms with Crippen molar-refractivity contribution in [2.24, 2.45) is 5.84 Å². The van der Waals surface area contributed by atoms with Crippen LogP contribution in [-0.2, 0) is 6.54 Å². The number of nitrogens with two attached hydrogens (primary N) is 1. The smallest absolute Gasteiger partial charge is 0.0738 e. The first-order chi connectivity index (χ1) is 4.43. The van der Waals surface area contributed by atoms with E-state index in [4.69, 9.17) is 5.84 Å². The van der Waals surface area contributed by atoms with E-state index in [9.17, 15) is 0 Å². The van der Waals surface area contributed by atoms with Gasteiger partial charge in [0.25, 0.3) is 0 Å². The number of hydrogen-bond acceptors (Lipinski definition) is 4. The molecule has 10 heavy (non-hydrogen) atoms. The fourth-order valence-corrected chi connectivity index (χ4v) is 0.526. The summed E-state index contributed by atoms with van der Waals surface area (Å²) in [5.41, 5.74) is 3.33. The van der Waals surface area contributed by atoms with Crippen LogP contribution in [0.3, 0.4) is 0 Å². The SMILES string of the molecule is Cl.NNCc1cnccn1. The monoisotopic (exact) mass is 160 g/mol. The Hall–Kier alpha value is -0.710. The summed E-state index contributed by atoms with van der Waals surface area (Å²) in [5, 5.41) is 0.